The van der Waals surface area contributed by atoms with Gasteiger partial charge < -0.3 is 89.9 Å². The third-order valence-electron chi connectivity index (χ3n) is 17.3. The summed E-state index contributed by atoms with van der Waals surface area (Å²) in [5.41, 5.74) is 0. The highest BCUT2D eigenvalue weighted by Gasteiger charge is 2.53. The smallest absolute Gasteiger partial charge is 0.220 e. The Bertz CT molecular complexity index is 2410. The number of carbonyl (C=O) groups is 1. The standard InChI is InChI=1S/C80H129NO18/c1-3-5-7-9-11-13-15-17-19-20-21-22-23-24-25-26-27-28-29-30-31-32-33-34-35-36-37-38-39-40-41-42-44-46-48-50-52-54-56-58-68(86)81-63(64(85)57-55-53-51-49-47-45-43-18-16-14-12-10-8-6-4-2)62-94-78-74(92)71(89)76(66(60-83)96-78)99-80-75(93)72(90)77(67(61-84)97-80)98-79-73(91)70(88)69(87)65(59-82)95-79/h5,7,11,13,17,19,21-22,24-25,27-28,30-31,33-34,36-37,39-40,42,44,48,50,55,57,63-67,69-80,82-85,87-93H,3-4,6,8-10,12,14-16,18,20,23,26,29,32,35,38,41,43,45-47,49,51-54,56,58-62H2,1-2H3,(H,81,86)/b7-5-,13-11-,19-17-,22-21-,25-24-,28-27-,31-30-,34-33-,37-36-,40-39-,44-42-,50-48-,57-55+. The number of hydrogen-bond acceptors (Lipinski definition) is 18. The first kappa shape index (κ1) is 88.6. The lowest BCUT2D eigenvalue weighted by molar-refractivity contribution is -0.379. The van der Waals surface area contributed by atoms with E-state index >= 15 is 0 Å². The number of ether oxygens (including phenoxy) is 6. The van der Waals surface area contributed by atoms with Crippen molar-refractivity contribution < 1.29 is 89.4 Å². The molecule has 0 aromatic heterocycles. The first-order valence-corrected chi connectivity index (χ1v) is 37.2. The summed E-state index contributed by atoms with van der Waals surface area (Å²) in [6.45, 7) is 1.56. The van der Waals surface area contributed by atoms with Crippen LogP contribution in [0.3, 0.4) is 0 Å². The van der Waals surface area contributed by atoms with E-state index in [-0.39, 0.29) is 18.9 Å². The molecular formula is C80H129NO18. The Labute approximate surface area is 593 Å². The van der Waals surface area contributed by atoms with Gasteiger partial charge in [0.15, 0.2) is 18.9 Å². The maximum atomic E-state index is 13.4. The van der Waals surface area contributed by atoms with E-state index in [2.05, 4.69) is 165 Å². The fraction of sp³-hybridized carbons (Fsp3) is 0.662. The Morgan fingerprint density at radius 1 is 0.374 bits per heavy atom. The lowest BCUT2D eigenvalue weighted by atomic mass is 9.96. The molecule has 0 bridgehead atoms. The summed E-state index contributed by atoms with van der Waals surface area (Å²) in [4.78, 5) is 13.4. The largest absolute Gasteiger partial charge is 0.394 e. The van der Waals surface area contributed by atoms with Crippen LogP contribution in [0, 0.1) is 0 Å². The number of aliphatic hydroxyl groups is 11. The van der Waals surface area contributed by atoms with Gasteiger partial charge in [0.05, 0.1) is 38.6 Å². The predicted octanol–water partition coefficient (Wildman–Crippen LogP) is 11.3. The normalized spacial score (nSPS) is 27.5. The molecule has 0 saturated carbocycles. The lowest BCUT2D eigenvalue weighted by Crippen LogP contribution is -2.66. The quantitative estimate of drug-likeness (QED) is 0.0199. The van der Waals surface area contributed by atoms with Crippen molar-refractivity contribution in [3.05, 3.63) is 158 Å². The zero-order valence-electron chi connectivity index (χ0n) is 59.6. The van der Waals surface area contributed by atoms with Crippen molar-refractivity contribution in [3.8, 4) is 0 Å². The molecule has 3 saturated heterocycles. The molecular weight excluding hydrogens is 1260 g/mol. The van der Waals surface area contributed by atoms with Gasteiger partial charge in [0, 0.05) is 6.42 Å². The summed E-state index contributed by atoms with van der Waals surface area (Å²) < 4.78 is 34.3. The van der Waals surface area contributed by atoms with Crippen LogP contribution in [0.25, 0.3) is 0 Å². The molecule has 3 heterocycles. The number of rotatable bonds is 55. The van der Waals surface area contributed by atoms with Crippen LogP contribution in [0.2, 0.25) is 0 Å². The number of amides is 1. The minimum Gasteiger partial charge on any atom is -0.394 e. The second-order valence-corrected chi connectivity index (χ2v) is 25.7. The van der Waals surface area contributed by atoms with Gasteiger partial charge in [0.25, 0.3) is 0 Å². The van der Waals surface area contributed by atoms with Crippen LogP contribution in [0.4, 0.5) is 0 Å². The van der Waals surface area contributed by atoms with Crippen LogP contribution >= 0.6 is 0 Å². The highest BCUT2D eigenvalue weighted by atomic mass is 16.8. The van der Waals surface area contributed by atoms with Crippen molar-refractivity contribution in [1.82, 2.24) is 5.32 Å². The molecule has 3 aliphatic rings. The van der Waals surface area contributed by atoms with Gasteiger partial charge in [-0.15, -0.1) is 0 Å². The highest BCUT2D eigenvalue weighted by Crippen LogP contribution is 2.33. The maximum Gasteiger partial charge on any atom is 0.220 e. The van der Waals surface area contributed by atoms with Gasteiger partial charge in [-0.25, -0.2) is 0 Å². The Balaban J connectivity index is 1.38. The molecule has 0 aliphatic carbocycles. The van der Waals surface area contributed by atoms with Gasteiger partial charge in [0.1, 0.15) is 73.2 Å². The van der Waals surface area contributed by atoms with Crippen molar-refractivity contribution in [2.45, 2.75) is 311 Å². The van der Waals surface area contributed by atoms with Crippen molar-refractivity contribution in [2.75, 3.05) is 26.4 Å². The van der Waals surface area contributed by atoms with E-state index in [1.54, 1.807) is 6.08 Å². The molecule has 562 valence electrons. The first-order chi connectivity index (χ1) is 48.3. The summed E-state index contributed by atoms with van der Waals surface area (Å²) in [5, 5.41) is 121. The monoisotopic (exact) mass is 1390 g/mol. The van der Waals surface area contributed by atoms with E-state index in [1.807, 2.05) is 6.08 Å². The van der Waals surface area contributed by atoms with Gasteiger partial charge in [0.2, 0.25) is 5.91 Å². The van der Waals surface area contributed by atoms with E-state index in [0.29, 0.717) is 6.42 Å². The topological polar surface area (TPSA) is 307 Å². The number of unbranched alkanes of at least 4 members (excludes halogenated alkanes) is 15. The molecule has 99 heavy (non-hydrogen) atoms. The molecule has 3 fully saturated rings. The summed E-state index contributed by atoms with van der Waals surface area (Å²) in [6, 6.07) is -1.01. The molecule has 19 heteroatoms. The molecule has 3 rings (SSSR count). The third-order valence-corrected chi connectivity index (χ3v) is 17.3. The molecule has 0 aromatic carbocycles. The summed E-state index contributed by atoms with van der Waals surface area (Å²) in [6.07, 6.45) is 59.4. The molecule has 0 aromatic rings. The Kier molecular flexibility index (Phi) is 52.7. The molecule has 0 spiro atoms. The van der Waals surface area contributed by atoms with Crippen LogP contribution in [0.15, 0.2) is 158 Å². The number of nitrogens with one attached hydrogen (secondary N) is 1. The van der Waals surface area contributed by atoms with Crippen molar-refractivity contribution in [3.63, 3.8) is 0 Å². The van der Waals surface area contributed by atoms with Gasteiger partial charge in [-0.2, -0.15) is 0 Å². The molecule has 12 N–H and O–H groups in total. The number of carbonyl (C=O) groups excluding carboxylic acids is 1. The van der Waals surface area contributed by atoms with E-state index in [0.717, 1.165) is 116 Å². The Hall–Kier alpha value is -4.59. The van der Waals surface area contributed by atoms with Crippen LogP contribution in [0.1, 0.15) is 206 Å². The molecule has 1 amide bonds. The molecule has 19 nitrogen and oxygen atoms in total. The van der Waals surface area contributed by atoms with Crippen LogP contribution in [-0.2, 0) is 33.2 Å². The molecule has 17 atom stereocenters. The lowest BCUT2D eigenvalue weighted by Gasteiger charge is -2.48. The van der Waals surface area contributed by atoms with E-state index in [4.69, 9.17) is 28.4 Å². The second-order valence-electron chi connectivity index (χ2n) is 25.7. The minimum atomic E-state index is -1.99. The zero-order valence-corrected chi connectivity index (χ0v) is 59.6. The van der Waals surface area contributed by atoms with Gasteiger partial charge in [-0.3, -0.25) is 4.79 Å². The van der Waals surface area contributed by atoms with Crippen molar-refractivity contribution in [2.24, 2.45) is 0 Å². The highest BCUT2D eigenvalue weighted by molar-refractivity contribution is 5.76. The first-order valence-electron chi connectivity index (χ1n) is 37.2. The maximum absolute atomic E-state index is 13.4. The van der Waals surface area contributed by atoms with Crippen molar-refractivity contribution >= 4 is 5.91 Å². The van der Waals surface area contributed by atoms with E-state index in [1.165, 1.54) is 64.2 Å². The minimum absolute atomic E-state index is 0.177. The summed E-state index contributed by atoms with van der Waals surface area (Å²) in [7, 11) is 0. The average molecular weight is 1390 g/mol. The Morgan fingerprint density at radius 2 is 0.697 bits per heavy atom. The molecule has 3 aliphatic heterocycles. The summed E-state index contributed by atoms with van der Waals surface area (Å²) >= 11 is 0. The number of aliphatic hydroxyl groups excluding tert-OH is 11. The van der Waals surface area contributed by atoms with Gasteiger partial charge in [-0.05, 0) is 109 Å². The fourth-order valence-electron chi connectivity index (χ4n) is 11.3. The fourth-order valence-corrected chi connectivity index (χ4v) is 11.3. The Morgan fingerprint density at radius 3 is 1.09 bits per heavy atom. The molecule has 0 radical (unpaired) electrons. The van der Waals surface area contributed by atoms with Crippen LogP contribution in [0.5, 0.6) is 0 Å². The summed E-state index contributed by atoms with van der Waals surface area (Å²) in [5.74, 6) is -0.325. The van der Waals surface area contributed by atoms with Crippen molar-refractivity contribution in [1.29, 1.82) is 0 Å². The average Bonchev–Trinajstić information content (AvgIpc) is 0.784. The zero-order chi connectivity index (χ0) is 71.8. The van der Waals surface area contributed by atoms with Crippen LogP contribution in [-0.4, -0.2) is 193 Å². The SMILES string of the molecule is CC/C=C\C/C=C\C/C=C\C/C=C\C/C=C\C/C=C\C/C=C\C/C=C\C/C=C\C/C=C\C/C=C\C/C=C\CCCCC(=O)NC(COC1OC(CO)C(OC2OC(CO)C(OC3OC(CO)C(O)C(O)C3O)C(O)C2O)C(O)C1O)C(O)/C=C/CCCCCCCCCCCCCCC. The molecule has 17 unspecified atom stereocenters. The van der Waals surface area contributed by atoms with E-state index < -0.39 is 124 Å². The van der Waals surface area contributed by atoms with Crippen LogP contribution < -0.4 is 5.32 Å². The van der Waals surface area contributed by atoms with Gasteiger partial charge in [-0.1, -0.05) is 249 Å². The third kappa shape index (κ3) is 39.6. The number of hydrogen-bond donors (Lipinski definition) is 12. The van der Waals surface area contributed by atoms with Gasteiger partial charge >= 0.3 is 0 Å². The predicted molar refractivity (Wildman–Crippen MR) is 392 cm³/mol. The second kappa shape index (κ2) is 58.9. The van der Waals surface area contributed by atoms with E-state index in [9.17, 15) is 61.0 Å². The number of allylic oxidation sites excluding steroid dienone is 25.